The van der Waals surface area contributed by atoms with Crippen LogP contribution in [0.4, 0.5) is 0 Å². The summed E-state index contributed by atoms with van der Waals surface area (Å²) in [4.78, 5) is 6.73. The van der Waals surface area contributed by atoms with Crippen molar-refractivity contribution in [1.82, 2.24) is 29.9 Å². The van der Waals surface area contributed by atoms with Crippen LogP contribution in [0.1, 0.15) is 167 Å². The minimum absolute atomic E-state index is 0.672. The van der Waals surface area contributed by atoms with E-state index in [1.165, 1.54) is 116 Å². The molecule has 10 atom stereocenters. The van der Waals surface area contributed by atoms with Crippen molar-refractivity contribution < 1.29 is 0 Å². The summed E-state index contributed by atoms with van der Waals surface area (Å²) in [7, 11) is 0. The zero-order chi connectivity index (χ0) is 35.6. The molecule has 11 fully saturated rings. The Bertz CT molecular complexity index is 1130. The highest BCUT2D eigenvalue weighted by atomic mass is 32.2. The van der Waals surface area contributed by atoms with Crippen molar-refractivity contribution in [3.63, 3.8) is 0 Å². The lowest BCUT2D eigenvalue weighted by Crippen LogP contribution is -2.53. The number of nitrogens with zero attached hydrogens (tertiary/aromatic N) is 2. The van der Waals surface area contributed by atoms with Crippen molar-refractivity contribution in [2.75, 3.05) is 13.3 Å². The van der Waals surface area contributed by atoms with E-state index in [0.29, 0.717) is 10.7 Å². The molecule has 0 radical (unpaired) electrons. The van der Waals surface area contributed by atoms with E-state index in [2.05, 4.69) is 29.9 Å². The number of likely N-dealkylation sites (tertiary alicyclic amines) is 2. The lowest BCUT2D eigenvalue weighted by molar-refractivity contribution is 0.00812. The third-order valence-corrected chi connectivity index (χ3v) is 21.7. The Morgan fingerprint density at radius 1 is 0.333 bits per heavy atom. The van der Waals surface area contributed by atoms with Crippen LogP contribution in [0, 0.1) is 59.2 Å². The van der Waals surface area contributed by atoms with E-state index in [1.54, 1.807) is 51.4 Å². The first-order chi connectivity index (χ1) is 26.8. The lowest BCUT2D eigenvalue weighted by Gasteiger charge is -2.48. The number of hydrogen-bond acceptors (Lipinski definition) is 8. The highest BCUT2D eigenvalue weighted by molar-refractivity contribution is 7.98. The van der Waals surface area contributed by atoms with Gasteiger partial charge in [-0.25, -0.2) is 9.44 Å². The van der Waals surface area contributed by atoms with Gasteiger partial charge in [-0.1, -0.05) is 49.6 Å². The van der Waals surface area contributed by atoms with Crippen molar-refractivity contribution in [1.29, 1.82) is 0 Å². The van der Waals surface area contributed by atoms with Gasteiger partial charge in [-0.05, 0) is 200 Å². The molecule has 6 nitrogen and oxygen atoms in total. The van der Waals surface area contributed by atoms with Crippen LogP contribution in [0.25, 0.3) is 0 Å². The van der Waals surface area contributed by atoms with Gasteiger partial charge in [-0.2, -0.15) is 0 Å². The van der Waals surface area contributed by atoms with Gasteiger partial charge in [0, 0.05) is 36.3 Å². The van der Waals surface area contributed by atoms with E-state index >= 15 is 0 Å². The number of hydrogen-bond donors (Lipinski definition) is 4. The molecule has 10 unspecified atom stereocenters. The topological polar surface area (TPSA) is 54.6 Å². The Balaban J connectivity index is 0.744. The Labute approximate surface area is 338 Å². The standard InChI is InChI=1S/C46H78N6S2/c1-3-7-39-37(5-1)43-41(51(39)35-21-17-31(18-22-35)29-9-13-33(14-10-29)45-47-27-49-53-45)25-26-42-44(43)38-6-2-4-8-40(38)52(42)36-23-19-32(20-24-36)30-11-15-34(16-12-30)46-48-28-50-54-46/h29-50H,1-28H2. The Morgan fingerprint density at radius 3 is 1.06 bits per heavy atom. The lowest BCUT2D eigenvalue weighted by atomic mass is 9.61. The second kappa shape index (κ2) is 16.5. The number of rotatable bonds is 6. The quantitative estimate of drug-likeness (QED) is 0.199. The summed E-state index contributed by atoms with van der Waals surface area (Å²) in [6.07, 6.45) is 39.7. The molecular weight excluding hydrogens is 701 g/mol. The molecule has 4 aliphatic heterocycles. The molecule has 304 valence electrons. The van der Waals surface area contributed by atoms with Crippen molar-refractivity contribution in [2.24, 2.45) is 59.2 Å². The van der Waals surface area contributed by atoms with Crippen LogP contribution in [-0.2, 0) is 0 Å². The average molecular weight is 779 g/mol. The largest absolute Gasteiger partial charge is 0.294 e. The van der Waals surface area contributed by atoms with Crippen LogP contribution < -0.4 is 20.1 Å². The van der Waals surface area contributed by atoms with Crippen LogP contribution in [0.2, 0.25) is 0 Å². The number of fused-ring (bicyclic) bond motifs is 7. The molecule has 11 rings (SSSR count). The second-order valence-corrected chi connectivity index (χ2v) is 23.5. The SMILES string of the molecule is C1CCC2C(C1)C1C3C4CCCCC4N(C4CCC(C5CCC(C6NCNS6)CC5)CC4)C3CCC1N2C1CCC(C2CCC(C3NCNS3)CC2)CC1. The Hall–Kier alpha value is 0.460. The van der Waals surface area contributed by atoms with Crippen LogP contribution >= 0.6 is 23.9 Å². The normalized spacial score (nSPS) is 53.1. The second-order valence-electron chi connectivity index (χ2n) is 21.4. The van der Waals surface area contributed by atoms with Crippen molar-refractivity contribution in [3.8, 4) is 0 Å². The van der Waals surface area contributed by atoms with Gasteiger partial charge < -0.3 is 0 Å². The highest BCUT2D eigenvalue weighted by Gasteiger charge is 2.63. The predicted octanol–water partition coefficient (Wildman–Crippen LogP) is 9.48. The summed E-state index contributed by atoms with van der Waals surface area (Å²) in [5, 5.41) is 8.77. The molecule has 0 amide bonds. The highest BCUT2D eigenvalue weighted by Crippen LogP contribution is 2.61. The molecule has 8 heteroatoms. The number of nitrogens with one attached hydrogen (secondary N) is 4. The van der Waals surface area contributed by atoms with Crippen LogP contribution in [0.5, 0.6) is 0 Å². The van der Waals surface area contributed by atoms with E-state index in [1.807, 2.05) is 23.9 Å². The summed E-state index contributed by atoms with van der Waals surface area (Å²) in [6.45, 7) is 2.00. The fourth-order valence-electron chi connectivity index (χ4n) is 17.3. The van der Waals surface area contributed by atoms with Gasteiger partial charge in [0.25, 0.3) is 0 Å². The molecule has 7 aliphatic carbocycles. The van der Waals surface area contributed by atoms with Gasteiger partial charge >= 0.3 is 0 Å². The maximum absolute atomic E-state index is 3.71. The maximum Gasteiger partial charge on any atom is 0.0717 e. The molecule has 0 aromatic heterocycles. The van der Waals surface area contributed by atoms with E-state index in [0.717, 1.165) is 109 Å². The molecular formula is C46H78N6S2. The van der Waals surface area contributed by atoms with Crippen molar-refractivity contribution in [2.45, 2.75) is 214 Å². The molecule has 0 bridgehead atoms. The molecule has 0 aromatic carbocycles. The minimum atomic E-state index is 0.672. The summed E-state index contributed by atoms with van der Waals surface area (Å²) in [5.41, 5.74) is 0. The molecule has 11 aliphatic rings. The predicted molar refractivity (Wildman–Crippen MR) is 226 cm³/mol. The van der Waals surface area contributed by atoms with Gasteiger partial charge in [0.15, 0.2) is 0 Å². The summed E-state index contributed by atoms with van der Waals surface area (Å²) >= 11 is 3.94. The third-order valence-electron chi connectivity index (χ3n) is 19.5. The van der Waals surface area contributed by atoms with Gasteiger partial charge in [0.2, 0.25) is 0 Å². The zero-order valence-electron chi connectivity index (χ0n) is 33.9. The summed E-state index contributed by atoms with van der Waals surface area (Å²) < 4.78 is 6.94. The average Bonchev–Trinajstić information content (AvgIpc) is 4.07. The van der Waals surface area contributed by atoms with Crippen LogP contribution in [0.3, 0.4) is 0 Å². The molecule has 4 saturated heterocycles. The van der Waals surface area contributed by atoms with E-state index in [9.17, 15) is 0 Å². The smallest absolute Gasteiger partial charge is 0.0717 e. The monoisotopic (exact) mass is 779 g/mol. The van der Waals surface area contributed by atoms with E-state index in [4.69, 9.17) is 0 Å². The fourth-order valence-corrected chi connectivity index (χ4v) is 19.3. The maximum atomic E-state index is 3.71. The molecule has 0 aromatic rings. The van der Waals surface area contributed by atoms with Crippen molar-refractivity contribution in [3.05, 3.63) is 0 Å². The van der Waals surface area contributed by atoms with Gasteiger partial charge in [-0.3, -0.25) is 20.4 Å². The van der Waals surface area contributed by atoms with Crippen LogP contribution in [0.15, 0.2) is 0 Å². The first-order valence-electron chi connectivity index (χ1n) is 24.6. The van der Waals surface area contributed by atoms with Crippen LogP contribution in [-0.4, -0.2) is 70.1 Å². The molecule has 7 saturated carbocycles. The summed E-state index contributed by atoms with van der Waals surface area (Å²) in [5.74, 6) is 10.0. The third kappa shape index (κ3) is 6.94. The zero-order valence-corrected chi connectivity index (χ0v) is 35.5. The Morgan fingerprint density at radius 2 is 0.685 bits per heavy atom. The van der Waals surface area contributed by atoms with E-state index < -0.39 is 0 Å². The van der Waals surface area contributed by atoms with E-state index in [-0.39, 0.29) is 0 Å². The van der Waals surface area contributed by atoms with Gasteiger partial charge in [0.05, 0.1) is 24.1 Å². The van der Waals surface area contributed by atoms with Gasteiger partial charge in [0.1, 0.15) is 0 Å². The molecule has 4 heterocycles. The first kappa shape index (κ1) is 37.5. The molecule has 0 spiro atoms. The summed E-state index contributed by atoms with van der Waals surface area (Å²) in [6, 6.07) is 5.57. The minimum Gasteiger partial charge on any atom is -0.294 e. The van der Waals surface area contributed by atoms with Crippen molar-refractivity contribution >= 4 is 23.9 Å². The molecule has 54 heavy (non-hydrogen) atoms. The van der Waals surface area contributed by atoms with Gasteiger partial charge in [-0.15, -0.1) is 0 Å². The first-order valence-corrected chi connectivity index (χ1v) is 26.3. The molecule has 4 N–H and O–H groups in total. The fraction of sp³-hybridized carbons (Fsp3) is 1.00. The Kier molecular flexibility index (Phi) is 11.4.